The molecule has 0 bridgehead atoms. The van der Waals surface area contributed by atoms with E-state index < -0.39 is 0 Å². The lowest BCUT2D eigenvalue weighted by Gasteiger charge is -2.36. The average Bonchev–Trinajstić information content (AvgIpc) is 2.80. The summed E-state index contributed by atoms with van der Waals surface area (Å²) in [5, 5.41) is 9.96. The van der Waals surface area contributed by atoms with Gasteiger partial charge >= 0.3 is 0 Å². The Balaban J connectivity index is 2.23. The number of imidazole rings is 1. The molecule has 0 aromatic carbocycles. The summed E-state index contributed by atoms with van der Waals surface area (Å²) in [5.74, 6) is 2.31. The topological polar surface area (TPSA) is 38.0 Å². The number of aromatic nitrogens is 2. The molecule has 1 heterocycles. The van der Waals surface area contributed by atoms with E-state index in [2.05, 4.69) is 36.5 Å². The predicted molar refractivity (Wildman–Crippen MR) is 73.6 cm³/mol. The normalized spacial score (nSPS) is 28.8. The van der Waals surface area contributed by atoms with Gasteiger partial charge in [0, 0.05) is 24.4 Å². The van der Waals surface area contributed by atoms with Crippen LogP contribution in [0.2, 0.25) is 0 Å². The Morgan fingerprint density at radius 2 is 2.22 bits per heavy atom. The largest absolute Gasteiger partial charge is 0.393 e. The molecule has 0 radical (unpaired) electrons. The van der Waals surface area contributed by atoms with Crippen LogP contribution < -0.4 is 0 Å². The third kappa shape index (κ3) is 2.77. The van der Waals surface area contributed by atoms with Crippen LogP contribution in [0.5, 0.6) is 0 Å². The SMILES string of the molecule is CCCC1CCC(O)CC1n1ccnc1C(C)C. The highest BCUT2D eigenvalue weighted by Gasteiger charge is 2.31. The first-order valence-corrected chi connectivity index (χ1v) is 7.34. The second-order valence-corrected chi connectivity index (χ2v) is 5.93. The number of aliphatic hydroxyl groups excluding tert-OH is 1. The number of hydrogen-bond acceptors (Lipinski definition) is 2. The molecule has 0 amide bonds. The lowest BCUT2D eigenvalue weighted by molar-refractivity contribution is 0.0681. The van der Waals surface area contributed by atoms with Gasteiger partial charge in [-0.05, 0) is 31.6 Å². The van der Waals surface area contributed by atoms with E-state index in [1.165, 1.54) is 12.8 Å². The highest BCUT2D eigenvalue weighted by molar-refractivity contribution is 5.02. The van der Waals surface area contributed by atoms with Crippen LogP contribution in [0, 0.1) is 5.92 Å². The average molecular weight is 250 g/mol. The fourth-order valence-corrected chi connectivity index (χ4v) is 3.29. The van der Waals surface area contributed by atoms with Gasteiger partial charge in [-0.2, -0.15) is 0 Å². The second kappa shape index (κ2) is 5.87. The highest BCUT2D eigenvalue weighted by atomic mass is 16.3. The molecule has 1 aliphatic rings. The van der Waals surface area contributed by atoms with Crippen LogP contribution in [-0.2, 0) is 0 Å². The standard InChI is InChI=1S/C15H26N2O/c1-4-5-12-6-7-13(18)10-14(12)17-9-8-16-15(17)11(2)3/h8-9,11-14,18H,4-7,10H2,1-3H3. The molecule has 0 spiro atoms. The summed E-state index contributed by atoms with van der Waals surface area (Å²) in [7, 11) is 0. The van der Waals surface area contributed by atoms with Crippen molar-refractivity contribution in [2.24, 2.45) is 5.92 Å². The van der Waals surface area contributed by atoms with Gasteiger partial charge in [0.25, 0.3) is 0 Å². The minimum Gasteiger partial charge on any atom is -0.393 e. The quantitative estimate of drug-likeness (QED) is 0.888. The second-order valence-electron chi connectivity index (χ2n) is 5.93. The minimum atomic E-state index is -0.134. The third-order valence-corrected chi connectivity index (χ3v) is 4.16. The summed E-state index contributed by atoms with van der Waals surface area (Å²) in [6.45, 7) is 6.62. The molecule has 0 saturated heterocycles. The van der Waals surface area contributed by atoms with Crippen molar-refractivity contribution >= 4 is 0 Å². The molecule has 1 aromatic rings. The highest BCUT2D eigenvalue weighted by Crippen LogP contribution is 2.38. The van der Waals surface area contributed by atoms with E-state index in [-0.39, 0.29) is 6.10 Å². The van der Waals surface area contributed by atoms with Crippen LogP contribution in [0.15, 0.2) is 12.4 Å². The molecule has 3 nitrogen and oxygen atoms in total. The summed E-state index contributed by atoms with van der Waals surface area (Å²) in [6, 6.07) is 0.439. The van der Waals surface area contributed by atoms with Gasteiger partial charge in [-0.1, -0.05) is 27.2 Å². The molecule has 1 saturated carbocycles. The van der Waals surface area contributed by atoms with Crippen molar-refractivity contribution in [1.82, 2.24) is 9.55 Å². The molecule has 0 aliphatic heterocycles. The van der Waals surface area contributed by atoms with E-state index in [0.29, 0.717) is 17.9 Å². The molecule has 1 aromatic heterocycles. The fourth-order valence-electron chi connectivity index (χ4n) is 3.29. The Morgan fingerprint density at radius 1 is 1.44 bits per heavy atom. The number of nitrogens with zero attached hydrogens (tertiary/aromatic N) is 2. The molecular weight excluding hydrogens is 224 g/mol. The van der Waals surface area contributed by atoms with E-state index in [4.69, 9.17) is 0 Å². The van der Waals surface area contributed by atoms with Crippen molar-refractivity contribution in [3.8, 4) is 0 Å². The maximum absolute atomic E-state index is 9.96. The van der Waals surface area contributed by atoms with E-state index in [1.54, 1.807) is 0 Å². The van der Waals surface area contributed by atoms with Crippen molar-refractivity contribution in [3.63, 3.8) is 0 Å². The van der Waals surface area contributed by atoms with Crippen molar-refractivity contribution in [2.75, 3.05) is 0 Å². The van der Waals surface area contributed by atoms with Gasteiger partial charge in [0.15, 0.2) is 0 Å². The van der Waals surface area contributed by atoms with Crippen LogP contribution in [0.4, 0.5) is 0 Å². The lowest BCUT2D eigenvalue weighted by Crippen LogP contribution is -2.31. The van der Waals surface area contributed by atoms with Gasteiger partial charge in [0.05, 0.1) is 6.10 Å². The zero-order chi connectivity index (χ0) is 13.1. The van der Waals surface area contributed by atoms with Crippen LogP contribution in [-0.4, -0.2) is 20.8 Å². The van der Waals surface area contributed by atoms with Gasteiger partial charge in [0.2, 0.25) is 0 Å². The van der Waals surface area contributed by atoms with Crippen LogP contribution in [0.25, 0.3) is 0 Å². The zero-order valence-electron chi connectivity index (χ0n) is 11.8. The molecule has 2 rings (SSSR count). The zero-order valence-corrected chi connectivity index (χ0v) is 11.8. The van der Waals surface area contributed by atoms with E-state index in [0.717, 1.165) is 25.1 Å². The van der Waals surface area contributed by atoms with Gasteiger partial charge in [-0.25, -0.2) is 4.98 Å². The number of aliphatic hydroxyl groups is 1. The van der Waals surface area contributed by atoms with Gasteiger partial charge in [-0.3, -0.25) is 0 Å². The first-order valence-electron chi connectivity index (χ1n) is 7.34. The molecule has 1 N–H and O–H groups in total. The summed E-state index contributed by atoms with van der Waals surface area (Å²) >= 11 is 0. The maximum Gasteiger partial charge on any atom is 0.111 e. The van der Waals surface area contributed by atoms with Crippen molar-refractivity contribution in [2.45, 2.75) is 70.9 Å². The van der Waals surface area contributed by atoms with Crippen LogP contribution in [0.1, 0.15) is 70.7 Å². The predicted octanol–water partition coefficient (Wildman–Crippen LogP) is 3.51. The first kappa shape index (κ1) is 13.6. The third-order valence-electron chi connectivity index (χ3n) is 4.16. The molecule has 102 valence electrons. The Bertz CT molecular complexity index is 372. The van der Waals surface area contributed by atoms with Crippen molar-refractivity contribution < 1.29 is 5.11 Å². The van der Waals surface area contributed by atoms with Crippen LogP contribution >= 0.6 is 0 Å². The van der Waals surface area contributed by atoms with Crippen molar-refractivity contribution in [1.29, 1.82) is 0 Å². The smallest absolute Gasteiger partial charge is 0.111 e. The number of rotatable bonds is 4. The van der Waals surface area contributed by atoms with Crippen LogP contribution in [0.3, 0.4) is 0 Å². The Hall–Kier alpha value is -0.830. The summed E-state index contributed by atoms with van der Waals surface area (Å²) in [4.78, 5) is 4.49. The summed E-state index contributed by atoms with van der Waals surface area (Å²) in [5.41, 5.74) is 0. The molecule has 18 heavy (non-hydrogen) atoms. The summed E-state index contributed by atoms with van der Waals surface area (Å²) < 4.78 is 2.33. The van der Waals surface area contributed by atoms with E-state index in [9.17, 15) is 5.11 Å². The van der Waals surface area contributed by atoms with E-state index in [1.807, 2.05) is 6.20 Å². The molecule has 1 aliphatic carbocycles. The lowest BCUT2D eigenvalue weighted by atomic mass is 9.80. The Morgan fingerprint density at radius 3 is 2.89 bits per heavy atom. The molecular formula is C15H26N2O. The maximum atomic E-state index is 9.96. The Labute approximate surface area is 110 Å². The number of hydrogen-bond donors (Lipinski definition) is 1. The summed E-state index contributed by atoms with van der Waals surface area (Å²) in [6.07, 6.45) is 9.35. The van der Waals surface area contributed by atoms with E-state index >= 15 is 0 Å². The fraction of sp³-hybridized carbons (Fsp3) is 0.800. The van der Waals surface area contributed by atoms with Gasteiger partial charge in [-0.15, -0.1) is 0 Å². The minimum absolute atomic E-state index is 0.134. The molecule has 3 unspecified atom stereocenters. The first-order chi connectivity index (χ1) is 8.63. The Kier molecular flexibility index (Phi) is 4.44. The van der Waals surface area contributed by atoms with Gasteiger partial charge in [0.1, 0.15) is 5.82 Å². The monoisotopic (exact) mass is 250 g/mol. The molecule has 3 atom stereocenters. The van der Waals surface area contributed by atoms with Gasteiger partial charge < -0.3 is 9.67 Å². The van der Waals surface area contributed by atoms with Crippen molar-refractivity contribution in [3.05, 3.63) is 18.2 Å². The molecule has 1 fully saturated rings. The molecule has 3 heteroatoms.